The Kier molecular flexibility index (Phi) is 2.80. The van der Waals surface area contributed by atoms with Gasteiger partial charge in [-0.1, -0.05) is 0 Å². The molecular weight excluding hydrogens is 194 g/mol. The monoisotopic (exact) mass is 207 g/mol. The van der Waals surface area contributed by atoms with E-state index in [4.69, 9.17) is 0 Å². The first-order valence-corrected chi connectivity index (χ1v) is 4.96. The summed E-state index contributed by atoms with van der Waals surface area (Å²) in [4.78, 5) is 21.5. The maximum atomic E-state index is 11.1. The van der Waals surface area contributed by atoms with E-state index in [1.165, 1.54) is 32.3 Å². The number of nitrogens with zero attached hydrogens (tertiary/aromatic N) is 3. The number of carbonyl (C=O) groups excluding carboxylic acids is 1. The van der Waals surface area contributed by atoms with Crippen LogP contribution in [0.15, 0.2) is 12.4 Å². The molecular formula is C10H13N3O2. The van der Waals surface area contributed by atoms with E-state index in [2.05, 4.69) is 19.6 Å². The molecule has 0 aromatic carbocycles. The van der Waals surface area contributed by atoms with Gasteiger partial charge < -0.3 is 9.64 Å². The standard InChI is InChI=1S/C10H13N3O2/c1-15-9(14)8-6-11-10(12-7-8)13-4-2-3-5-13/h6-7H,2-5H2,1H3. The lowest BCUT2D eigenvalue weighted by Crippen LogP contribution is -2.20. The molecule has 0 amide bonds. The molecule has 1 aromatic rings. The van der Waals surface area contributed by atoms with Crippen LogP contribution in [-0.4, -0.2) is 36.1 Å². The molecule has 80 valence electrons. The summed E-state index contributed by atoms with van der Waals surface area (Å²) in [6.45, 7) is 2.00. The van der Waals surface area contributed by atoms with Gasteiger partial charge in [0.2, 0.25) is 5.95 Å². The Labute approximate surface area is 88.1 Å². The first-order valence-electron chi connectivity index (χ1n) is 4.96. The van der Waals surface area contributed by atoms with Gasteiger partial charge in [-0.15, -0.1) is 0 Å². The van der Waals surface area contributed by atoms with E-state index in [0.29, 0.717) is 11.5 Å². The van der Waals surface area contributed by atoms with Crippen molar-refractivity contribution in [3.05, 3.63) is 18.0 Å². The Balaban J connectivity index is 2.12. The highest BCUT2D eigenvalue weighted by Gasteiger charge is 2.15. The van der Waals surface area contributed by atoms with E-state index < -0.39 is 5.97 Å². The quantitative estimate of drug-likeness (QED) is 0.673. The highest BCUT2D eigenvalue weighted by molar-refractivity contribution is 5.88. The number of hydrogen-bond donors (Lipinski definition) is 0. The fraction of sp³-hybridized carbons (Fsp3) is 0.500. The molecule has 1 aliphatic rings. The van der Waals surface area contributed by atoms with Gasteiger partial charge in [-0.25, -0.2) is 14.8 Å². The van der Waals surface area contributed by atoms with Crippen LogP contribution in [0.2, 0.25) is 0 Å². The molecule has 2 rings (SSSR count). The lowest BCUT2D eigenvalue weighted by molar-refractivity contribution is 0.0600. The number of ether oxygens (including phenoxy) is 1. The summed E-state index contributed by atoms with van der Waals surface area (Å²) in [6, 6.07) is 0. The van der Waals surface area contributed by atoms with Gasteiger partial charge in [0.1, 0.15) is 0 Å². The molecule has 1 aromatic heterocycles. The first kappa shape index (κ1) is 9.89. The van der Waals surface area contributed by atoms with Crippen molar-refractivity contribution in [1.29, 1.82) is 0 Å². The highest BCUT2D eigenvalue weighted by Crippen LogP contribution is 2.14. The van der Waals surface area contributed by atoms with Gasteiger partial charge in [-0.3, -0.25) is 0 Å². The average Bonchev–Trinajstić information content (AvgIpc) is 2.82. The fourth-order valence-corrected chi connectivity index (χ4v) is 1.62. The van der Waals surface area contributed by atoms with Crippen molar-refractivity contribution >= 4 is 11.9 Å². The minimum Gasteiger partial charge on any atom is -0.465 e. The molecule has 0 saturated carbocycles. The number of esters is 1. The number of carbonyl (C=O) groups is 1. The third-order valence-corrected chi connectivity index (χ3v) is 2.45. The summed E-state index contributed by atoms with van der Waals surface area (Å²) >= 11 is 0. The van der Waals surface area contributed by atoms with Crippen molar-refractivity contribution in [2.24, 2.45) is 0 Å². The predicted molar refractivity (Wildman–Crippen MR) is 54.8 cm³/mol. The summed E-state index contributed by atoms with van der Waals surface area (Å²) < 4.78 is 4.57. The first-order chi connectivity index (χ1) is 7.31. The Morgan fingerprint density at radius 3 is 2.47 bits per heavy atom. The van der Waals surface area contributed by atoms with Crippen LogP contribution in [0.5, 0.6) is 0 Å². The van der Waals surface area contributed by atoms with Crippen LogP contribution in [-0.2, 0) is 4.74 Å². The van der Waals surface area contributed by atoms with Gasteiger partial charge in [0.25, 0.3) is 0 Å². The number of methoxy groups -OCH3 is 1. The van der Waals surface area contributed by atoms with Gasteiger partial charge in [0.05, 0.1) is 12.7 Å². The zero-order valence-electron chi connectivity index (χ0n) is 8.64. The summed E-state index contributed by atoms with van der Waals surface area (Å²) in [5, 5.41) is 0. The Morgan fingerprint density at radius 1 is 1.33 bits per heavy atom. The number of rotatable bonds is 2. The topological polar surface area (TPSA) is 55.3 Å². The molecule has 2 heterocycles. The largest absolute Gasteiger partial charge is 0.465 e. The van der Waals surface area contributed by atoms with Crippen molar-refractivity contribution in [2.75, 3.05) is 25.1 Å². The van der Waals surface area contributed by atoms with Crippen molar-refractivity contribution in [1.82, 2.24) is 9.97 Å². The molecule has 1 fully saturated rings. The number of anilines is 1. The van der Waals surface area contributed by atoms with Crippen LogP contribution in [0.25, 0.3) is 0 Å². The van der Waals surface area contributed by atoms with Crippen molar-refractivity contribution in [3.63, 3.8) is 0 Å². The van der Waals surface area contributed by atoms with Crippen LogP contribution in [0.4, 0.5) is 5.95 Å². The molecule has 5 nitrogen and oxygen atoms in total. The molecule has 1 aliphatic heterocycles. The Morgan fingerprint density at radius 2 is 1.93 bits per heavy atom. The van der Waals surface area contributed by atoms with Gasteiger partial charge >= 0.3 is 5.97 Å². The van der Waals surface area contributed by atoms with Crippen LogP contribution in [0, 0.1) is 0 Å². The molecule has 15 heavy (non-hydrogen) atoms. The maximum Gasteiger partial charge on any atom is 0.341 e. The summed E-state index contributed by atoms with van der Waals surface area (Å²) in [6.07, 6.45) is 5.38. The van der Waals surface area contributed by atoms with Gasteiger partial charge in [0.15, 0.2) is 0 Å². The number of hydrogen-bond acceptors (Lipinski definition) is 5. The summed E-state index contributed by atoms with van der Waals surface area (Å²) in [5.41, 5.74) is 0.389. The Bertz CT molecular complexity index is 344. The van der Waals surface area contributed by atoms with Crippen LogP contribution in [0.3, 0.4) is 0 Å². The van der Waals surface area contributed by atoms with Gasteiger partial charge in [-0.05, 0) is 12.8 Å². The summed E-state index contributed by atoms with van der Waals surface area (Å²) in [7, 11) is 1.34. The third-order valence-electron chi connectivity index (χ3n) is 2.45. The molecule has 0 bridgehead atoms. The molecule has 1 saturated heterocycles. The third kappa shape index (κ3) is 2.06. The number of aromatic nitrogens is 2. The fourth-order valence-electron chi connectivity index (χ4n) is 1.62. The van der Waals surface area contributed by atoms with Crippen LogP contribution < -0.4 is 4.90 Å². The SMILES string of the molecule is COC(=O)c1cnc(N2CCCC2)nc1. The zero-order chi connectivity index (χ0) is 10.7. The smallest absolute Gasteiger partial charge is 0.341 e. The van der Waals surface area contributed by atoms with E-state index in [-0.39, 0.29) is 0 Å². The predicted octanol–water partition coefficient (Wildman–Crippen LogP) is 0.863. The molecule has 5 heteroatoms. The second kappa shape index (κ2) is 4.25. The summed E-state index contributed by atoms with van der Waals surface area (Å²) in [5.74, 6) is 0.295. The van der Waals surface area contributed by atoms with Crippen LogP contribution >= 0.6 is 0 Å². The minimum atomic E-state index is -0.400. The maximum absolute atomic E-state index is 11.1. The molecule has 0 unspecified atom stereocenters. The molecule has 0 spiro atoms. The molecule has 0 radical (unpaired) electrons. The van der Waals surface area contributed by atoms with Crippen LogP contribution in [0.1, 0.15) is 23.2 Å². The minimum absolute atomic E-state index is 0.389. The lowest BCUT2D eigenvalue weighted by Gasteiger charge is -2.14. The van der Waals surface area contributed by atoms with E-state index in [1.807, 2.05) is 0 Å². The van der Waals surface area contributed by atoms with Gasteiger partial charge in [-0.2, -0.15) is 0 Å². The van der Waals surface area contributed by atoms with Gasteiger partial charge in [0, 0.05) is 25.5 Å². The van der Waals surface area contributed by atoms with E-state index in [0.717, 1.165) is 13.1 Å². The molecule has 0 atom stereocenters. The van der Waals surface area contributed by atoms with E-state index in [1.54, 1.807) is 0 Å². The lowest BCUT2D eigenvalue weighted by atomic mass is 10.3. The normalized spacial score (nSPS) is 15.4. The second-order valence-electron chi connectivity index (χ2n) is 3.46. The van der Waals surface area contributed by atoms with E-state index in [9.17, 15) is 4.79 Å². The van der Waals surface area contributed by atoms with Crippen molar-refractivity contribution < 1.29 is 9.53 Å². The van der Waals surface area contributed by atoms with Crippen molar-refractivity contribution in [2.45, 2.75) is 12.8 Å². The average molecular weight is 207 g/mol. The zero-order valence-corrected chi connectivity index (χ0v) is 8.64. The molecule has 0 aliphatic carbocycles. The van der Waals surface area contributed by atoms with E-state index >= 15 is 0 Å². The second-order valence-corrected chi connectivity index (χ2v) is 3.46. The highest BCUT2D eigenvalue weighted by atomic mass is 16.5. The van der Waals surface area contributed by atoms with Crippen molar-refractivity contribution in [3.8, 4) is 0 Å². The molecule has 0 N–H and O–H groups in total. The Hall–Kier alpha value is -1.65.